The normalized spacial score (nSPS) is 13.0. The highest BCUT2D eigenvalue weighted by molar-refractivity contribution is 6.36. The van der Waals surface area contributed by atoms with Crippen LogP contribution < -0.4 is 0 Å². The summed E-state index contributed by atoms with van der Waals surface area (Å²) in [5.74, 6) is -2.99. The van der Waals surface area contributed by atoms with E-state index in [1.54, 1.807) is 6.92 Å². The third-order valence-corrected chi connectivity index (χ3v) is 3.80. The van der Waals surface area contributed by atoms with Crippen molar-refractivity contribution in [2.75, 3.05) is 14.2 Å². The zero-order chi connectivity index (χ0) is 14.4. The molecule has 0 bridgehead atoms. The molecule has 107 valence electrons. The van der Waals surface area contributed by atoms with E-state index in [2.05, 4.69) is 0 Å². The van der Waals surface area contributed by atoms with Gasteiger partial charge in [0.25, 0.3) is 0 Å². The number of rotatable bonds is 7. The van der Waals surface area contributed by atoms with Crippen molar-refractivity contribution in [3.8, 4) is 0 Å². The van der Waals surface area contributed by atoms with Gasteiger partial charge in [0.05, 0.1) is 0 Å². The van der Waals surface area contributed by atoms with E-state index >= 15 is 0 Å². The second-order valence-corrected chi connectivity index (χ2v) is 5.54. The van der Waals surface area contributed by atoms with Crippen LogP contribution in [-0.4, -0.2) is 29.9 Å². The molecule has 7 heteroatoms. The molecule has 0 N–H and O–H groups in total. The van der Waals surface area contributed by atoms with Crippen LogP contribution >= 0.6 is 0 Å². The quantitative estimate of drug-likeness (QED) is 0.571. The molecule has 1 aromatic carbocycles. The van der Waals surface area contributed by atoms with E-state index in [9.17, 15) is 13.2 Å². The highest BCUT2D eigenvalue weighted by atomic mass is 28.3. The summed E-state index contributed by atoms with van der Waals surface area (Å²) in [5.41, 5.74) is 0.123. The third-order valence-electron chi connectivity index (χ3n) is 2.54. The van der Waals surface area contributed by atoms with Crippen molar-refractivity contribution in [2.24, 2.45) is 0 Å². The van der Waals surface area contributed by atoms with E-state index in [0.29, 0.717) is 12.5 Å². The van der Waals surface area contributed by atoms with Crippen LogP contribution in [0, 0.1) is 17.5 Å². The summed E-state index contributed by atoms with van der Waals surface area (Å²) in [6.45, 7) is 1.78. The molecule has 0 aliphatic heterocycles. The number of benzene rings is 1. The smallest absolute Gasteiger partial charge is 0.375 e. The molecule has 0 heterocycles. The largest absolute Gasteiger partial charge is 0.577 e. The van der Waals surface area contributed by atoms with E-state index in [1.165, 1.54) is 14.2 Å². The maximum Gasteiger partial charge on any atom is 0.577 e. The average Bonchev–Trinajstić information content (AvgIpc) is 2.38. The average molecular weight is 293 g/mol. The van der Waals surface area contributed by atoms with Crippen LogP contribution in [0.4, 0.5) is 13.2 Å². The monoisotopic (exact) mass is 293 g/mol. The van der Waals surface area contributed by atoms with Crippen molar-refractivity contribution in [1.29, 1.82) is 0 Å². The van der Waals surface area contributed by atoms with Crippen molar-refractivity contribution >= 4 is 9.53 Å². The fraction of sp³-hybridized carbons (Fsp3) is 0.500. The first kappa shape index (κ1) is 16.2. The topological polar surface area (TPSA) is 27.7 Å². The zero-order valence-electron chi connectivity index (χ0n) is 11.0. The van der Waals surface area contributed by atoms with Gasteiger partial charge in [0.2, 0.25) is 0 Å². The number of halogens is 3. The van der Waals surface area contributed by atoms with Crippen molar-refractivity contribution < 1.29 is 26.4 Å². The van der Waals surface area contributed by atoms with Gasteiger partial charge >= 0.3 is 9.53 Å². The highest BCUT2D eigenvalue weighted by Crippen LogP contribution is 2.16. The molecule has 19 heavy (non-hydrogen) atoms. The summed E-state index contributed by atoms with van der Waals surface area (Å²) in [5, 5.41) is 0. The van der Waals surface area contributed by atoms with Gasteiger partial charge in [0.15, 0.2) is 11.6 Å². The molecule has 1 aromatic rings. The lowest BCUT2D eigenvalue weighted by molar-refractivity contribution is 0.0907. The predicted octanol–water partition coefficient (Wildman–Crippen LogP) is 2.72. The predicted molar refractivity (Wildman–Crippen MR) is 65.0 cm³/mol. The van der Waals surface area contributed by atoms with Crippen molar-refractivity contribution in [3.05, 3.63) is 35.1 Å². The zero-order valence-corrected chi connectivity index (χ0v) is 12.0. The Morgan fingerprint density at radius 2 is 1.63 bits per heavy atom. The Morgan fingerprint density at radius 1 is 1.05 bits per heavy atom. The second-order valence-electron chi connectivity index (χ2n) is 3.98. The summed E-state index contributed by atoms with van der Waals surface area (Å²) in [7, 11) is 1.17. The maximum absolute atomic E-state index is 13.4. The van der Waals surface area contributed by atoms with Gasteiger partial charge in [-0.2, -0.15) is 0 Å². The molecule has 0 saturated carbocycles. The van der Waals surface area contributed by atoms with Gasteiger partial charge in [-0.25, -0.2) is 13.2 Å². The Morgan fingerprint density at radius 3 is 2.21 bits per heavy atom. The van der Waals surface area contributed by atoms with Gasteiger partial charge in [-0.1, -0.05) is 0 Å². The summed E-state index contributed by atoms with van der Waals surface area (Å²) >= 11 is 0. The molecule has 1 rings (SSSR count). The summed E-state index contributed by atoms with van der Waals surface area (Å²) in [6.07, 6.45) is 0.455. The van der Waals surface area contributed by atoms with Crippen molar-refractivity contribution in [3.63, 3.8) is 0 Å². The Bertz CT molecular complexity index is 413. The lowest BCUT2D eigenvalue weighted by atomic mass is 10.1. The minimum atomic E-state index is -1.78. The molecule has 1 radical (unpaired) electrons. The molecular formula is C12H16F3O3Si. The van der Waals surface area contributed by atoms with Crippen LogP contribution in [0.2, 0.25) is 0 Å². The fourth-order valence-corrected chi connectivity index (χ4v) is 2.32. The Hall–Kier alpha value is -0.893. The number of aryl methyl sites for hydroxylation is 1. The van der Waals surface area contributed by atoms with Gasteiger partial charge < -0.3 is 13.3 Å². The summed E-state index contributed by atoms with van der Waals surface area (Å²) in [4.78, 5) is 0. The van der Waals surface area contributed by atoms with E-state index in [-0.39, 0.29) is 18.1 Å². The standard InChI is InChI=1S/C12H16F3O3Si/c1-8(18-19(16-2)17-3)4-5-9-6-11(14)12(15)7-10(9)13/h6-8H,4-5H2,1-3H3. The molecular weight excluding hydrogens is 277 g/mol. The van der Waals surface area contributed by atoms with E-state index < -0.39 is 27.0 Å². The number of hydrogen-bond acceptors (Lipinski definition) is 3. The molecule has 0 fully saturated rings. The van der Waals surface area contributed by atoms with Gasteiger partial charge in [-0.15, -0.1) is 0 Å². The van der Waals surface area contributed by atoms with Gasteiger partial charge in [-0.3, -0.25) is 0 Å². The van der Waals surface area contributed by atoms with Crippen LogP contribution in [0.15, 0.2) is 12.1 Å². The number of hydrogen-bond donors (Lipinski definition) is 0. The molecule has 3 nitrogen and oxygen atoms in total. The molecule has 0 amide bonds. The Kier molecular flexibility index (Phi) is 6.50. The molecule has 1 atom stereocenters. The van der Waals surface area contributed by atoms with Crippen LogP contribution in [0.3, 0.4) is 0 Å². The first-order valence-corrected chi connectivity index (χ1v) is 6.95. The van der Waals surface area contributed by atoms with Gasteiger partial charge in [0, 0.05) is 26.4 Å². The summed E-state index contributed by atoms with van der Waals surface area (Å²) in [6, 6.07) is 1.42. The lowest BCUT2D eigenvalue weighted by Gasteiger charge is -2.16. The van der Waals surface area contributed by atoms with Crippen LogP contribution in [0.5, 0.6) is 0 Å². The van der Waals surface area contributed by atoms with Gasteiger partial charge in [-0.05, 0) is 31.4 Å². The maximum atomic E-state index is 13.4. The van der Waals surface area contributed by atoms with E-state index in [0.717, 1.165) is 6.07 Å². The van der Waals surface area contributed by atoms with Crippen LogP contribution in [0.25, 0.3) is 0 Å². The first-order valence-electron chi connectivity index (χ1n) is 5.73. The Balaban J connectivity index is 2.55. The van der Waals surface area contributed by atoms with E-state index in [4.69, 9.17) is 13.3 Å². The Labute approximate surface area is 112 Å². The SMILES string of the molecule is CO[Si](OC)OC(C)CCc1cc(F)c(F)cc1F. The van der Waals surface area contributed by atoms with Gasteiger partial charge in [0.1, 0.15) is 5.82 Å². The molecule has 0 aliphatic carbocycles. The molecule has 0 aliphatic rings. The fourth-order valence-electron chi connectivity index (χ4n) is 1.52. The molecule has 0 saturated heterocycles. The third kappa shape index (κ3) is 4.94. The van der Waals surface area contributed by atoms with Crippen molar-refractivity contribution in [2.45, 2.75) is 25.9 Å². The van der Waals surface area contributed by atoms with E-state index in [1.807, 2.05) is 0 Å². The second kappa shape index (κ2) is 7.64. The highest BCUT2D eigenvalue weighted by Gasteiger charge is 2.19. The minimum absolute atomic E-state index is 0.123. The summed E-state index contributed by atoms with van der Waals surface area (Å²) < 4.78 is 54.5. The van der Waals surface area contributed by atoms with Crippen LogP contribution in [-0.2, 0) is 19.7 Å². The lowest BCUT2D eigenvalue weighted by Crippen LogP contribution is -2.29. The minimum Gasteiger partial charge on any atom is -0.375 e. The van der Waals surface area contributed by atoms with Crippen molar-refractivity contribution in [1.82, 2.24) is 0 Å². The molecule has 0 aromatic heterocycles. The first-order chi connectivity index (χ1) is 8.97. The molecule has 1 unspecified atom stereocenters. The van der Waals surface area contributed by atoms with Crippen LogP contribution in [0.1, 0.15) is 18.9 Å². The molecule has 0 spiro atoms.